The molecule has 0 aromatic heterocycles. The molecule has 7 atom stereocenters. The van der Waals surface area contributed by atoms with Gasteiger partial charge in [0, 0.05) is 31.4 Å². The molecule has 0 aromatic carbocycles. The van der Waals surface area contributed by atoms with Gasteiger partial charge in [-0.05, 0) is 31.1 Å². The Morgan fingerprint density at radius 3 is 2.26 bits per heavy atom. The van der Waals surface area contributed by atoms with E-state index in [1.807, 2.05) is 30.6 Å². The number of unbranched alkanes of at least 4 members (excludes halogenated alkanes) is 2. The van der Waals surface area contributed by atoms with E-state index in [4.69, 9.17) is 0 Å². The van der Waals surface area contributed by atoms with Crippen LogP contribution in [-0.4, -0.2) is 92.4 Å². The van der Waals surface area contributed by atoms with Gasteiger partial charge < -0.3 is 19.8 Å². The van der Waals surface area contributed by atoms with Gasteiger partial charge in [0.05, 0.1) is 29.2 Å². The molecule has 0 aliphatic carbocycles. The molecule has 214 valence electrons. The summed E-state index contributed by atoms with van der Waals surface area (Å²) in [7, 11) is 0. The molecule has 1 N–H and O–H groups in total. The lowest BCUT2D eigenvalue weighted by molar-refractivity contribution is -0.148. The van der Waals surface area contributed by atoms with Crippen LogP contribution in [0.4, 0.5) is 0 Å². The van der Waals surface area contributed by atoms with Gasteiger partial charge in [-0.25, -0.2) is 0 Å². The summed E-state index contributed by atoms with van der Waals surface area (Å²) in [5.41, 5.74) is 0. The third kappa shape index (κ3) is 5.19. The second-order valence-corrected chi connectivity index (χ2v) is 13.2. The van der Waals surface area contributed by atoms with Crippen molar-refractivity contribution in [1.82, 2.24) is 14.7 Å². The maximum absolute atomic E-state index is 14.5. The van der Waals surface area contributed by atoms with E-state index < -0.39 is 28.7 Å². The van der Waals surface area contributed by atoms with Crippen molar-refractivity contribution >= 4 is 29.5 Å². The van der Waals surface area contributed by atoms with Crippen LogP contribution in [0.1, 0.15) is 66.7 Å². The standard InChI is InChI=1S/C30H49N3O4S/c1-8-12-13-17-32(16-11-4)29(37)26-30-21(7)18-23(38-30)24(27(35)31(14-9-2)15-10-3)25(30)28(36)33(26)22(19-34)20(5)6/h9,11,20-26,34H,2,4,8,10,12-19H2,1,3,5-7H3/t21?,22-,23-,24+,25-,26?,30?/m0/s1. The fourth-order valence-electron chi connectivity index (χ4n) is 7.10. The van der Waals surface area contributed by atoms with Crippen molar-refractivity contribution in [3.05, 3.63) is 25.3 Å². The molecule has 3 rings (SSSR count). The second kappa shape index (κ2) is 13.0. The van der Waals surface area contributed by atoms with Crippen LogP contribution in [0.5, 0.6) is 0 Å². The van der Waals surface area contributed by atoms with Gasteiger partial charge in [-0.3, -0.25) is 14.4 Å². The zero-order chi connectivity index (χ0) is 28.2. The Labute approximate surface area is 234 Å². The van der Waals surface area contributed by atoms with Crippen molar-refractivity contribution < 1.29 is 19.5 Å². The van der Waals surface area contributed by atoms with Gasteiger partial charge in [0.15, 0.2) is 0 Å². The van der Waals surface area contributed by atoms with Gasteiger partial charge in [0.25, 0.3) is 0 Å². The largest absolute Gasteiger partial charge is 0.394 e. The number of thioether (sulfide) groups is 1. The highest BCUT2D eigenvalue weighted by Crippen LogP contribution is 2.69. The minimum Gasteiger partial charge on any atom is -0.394 e. The first-order chi connectivity index (χ1) is 18.2. The maximum atomic E-state index is 14.5. The number of aliphatic hydroxyl groups excluding tert-OH is 1. The van der Waals surface area contributed by atoms with Crippen LogP contribution in [0.25, 0.3) is 0 Å². The quantitative estimate of drug-likeness (QED) is 0.248. The predicted octanol–water partition coefficient (Wildman–Crippen LogP) is 3.97. The molecule has 38 heavy (non-hydrogen) atoms. The first-order valence-electron chi connectivity index (χ1n) is 14.6. The van der Waals surface area contributed by atoms with E-state index in [2.05, 4.69) is 27.0 Å². The fourth-order valence-corrected chi connectivity index (χ4v) is 9.49. The molecule has 3 saturated heterocycles. The number of hydrogen-bond acceptors (Lipinski definition) is 5. The van der Waals surface area contributed by atoms with Crippen molar-refractivity contribution in [2.45, 2.75) is 88.8 Å². The van der Waals surface area contributed by atoms with E-state index in [1.165, 1.54) is 0 Å². The van der Waals surface area contributed by atoms with Crippen LogP contribution >= 0.6 is 11.8 Å². The van der Waals surface area contributed by atoms with Crippen LogP contribution < -0.4 is 0 Å². The van der Waals surface area contributed by atoms with Crippen molar-refractivity contribution in [3.63, 3.8) is 0 Å². The summed E-state index contributed by atoms with van der Waals surface area (Å²) < 4.78 is -0.683. The number of hydrogen-bond donors (Lipinski definition) is 1. The molecule has 3 aliphatic heterocycles. The Balaban J connectivity index is 2.11. The lowest BCUT2D eigenvalue weighted by Gasteiger charge is -2.43. The zero-order valence-electron chi connectivity index (χ0n) is 24.1. The molecule has 3 fully saturated rings. The Kier molecular flexibility index (Phi) is 10.5. The molecular formula is C30H49N3O4S. The SMILES string of the molecule is C=CCN(CCCCC)C(=O)C1N([C@@H](CO)C(C)C)C(=O)[C@@H]2[C@H](C(=O)N(CC=C)CCC)[C@@H]3CC(C)C12S3. The van der Waals surface area contributed by atoms with Crippen LogP contribution in [0, 0.1) is 23.7 Å². The third-order valence-corrected chi connectivity index (χ3v) is 10.9. The highest BCUT2D eigenvalue weighted by atomic mass is 32.2. The predicted molar refractivity (Wildman–Crippen MR) is 155 cm³/mol. The summed E-state index contributed by atoms with van der Waals surface area (Å²) in [4.78, 5) is 48.3. The molecule has 8 heteroatoms. The van der Waals surface area contributed by atoms with Crippen LogP contribution in [0.3, 0.4) is 0 Å². The van der Waals surface area contributed by atoms with E-state index in [1.54, 1.807) is 28.8 Å². The van der Waals surface area contributed by atoms with Crippen molar-refractivity contribution in [2.24, 2.45) is 23.7 Å². The summed E-state index contributed by atoms with van der Waals surface area (Å²) in [5.74, 6) is -1.18. The molecule has 3 aliphatic rings. The molecule has 3 heterocycles. The highest BCUT2D eigenvalue weighted by Gasteiger charge is 2.77. The lowest BCUT2D eigenvalue weighted by Crippen LogP contribution is -2.60. The van der Waals surface area contributed by atoms with Gasteiger partial charge >= 0.3 is 0 Å². The van der Waals surface area contributed by atoms with E-state index in [0.29, 0.717) is 26.2 Å². The summed E-state index contributed by atoms with van der Waals surface area (Å²) in [6.07, 6.45) is 8.08. The molecule has 3 amide bonds. The minimum atomic E-state index is -0.706. The Hall–Kier alpha value is -1.80. The molecule has 0 aromatic rings. The normalized spacial score (nSPS) is 30.4. The van der Waals surface area contributed by atoms with Crippen LogP contribution in [0.15, 0.2) is 25.3 Å². The summed E-state index contributed by atoms with van der Waals surface area (Å²) in [6, 6.07) is -1.19. The number of aliphatic hydroxyl groups is 1. The van der Waals surface area contributed by atoms with Gasteiger partial charge in [0.2, 0.25) is 17.7 Å². The van der Waals surface area contributed by atoms with E-state index in [-0.39, 0.29) is 41.4 Å². The number of fused-ring (bicyclic) bond motifs is 1. The van der Waals surface area contributed by atoms with E-state index in [0.717, 1.165) is 32.1 Å². The number of nitrogens with zero attached hydrogens (tertiary/aromatic N) is 3. The number of carbonyl (C=O) groups excluding carboxylic acids is 3. The van der Waals surface area contributed by atoms with Gasteiger partial charge in [0.1, 0.15) is 6.04 Å². The molecule has 7 nitrogen and oxygen atoms in total. The number of likely N-dealkylation sites (tertiary alicyclic amines) is 1. The first kappa shape index (κ1) is 30.7. The molecule has 2 bridgehead atoms. The lowest BCUT2D eigenvalue weighted by atomic mass is 9.65. The summed E-state index contributed by atoms with van der Waals surface area (Å²) >= 11 is 1.70. The van der Waals surface area contributed by atoms with Crippen LogP contribution in [-0.2, 0) is 14.4 Å². The maximum Gasteiger partial charge on any atom is 0.247 e. The average molecular weight is 548 g/mol. The Bertz CT molecular complexity index is 895. The second-order valence-electron chi connectivity index (χ2n) is 11.6. The fraction of sp³-hybridized carbons (Fsp3) is 0.767. The van der Waals surface area contributed by atoms with Crippen molar-refractivity contribution in [1.29, 1.82) is 0 Å². The molecule has 0 saturated carbocycles. The molecule has 1 spiro atoms. The highest BCUT2D eigenvalue weighted by molar-refractivity contribution is 8.02. The van der Waals surface area contributed by atoms with E-state index >= 15 is 0 Å². The minimum absolute atomic E-state index is 0.000382. The first-order valence-corrected chi connectivity index (χ1v) is 15.4. The van der Waals surface area contributed by atoms with E-state index in [9.17, 15) is 19.5 Å². The zero-order valence-corrected chi connectivity index (χ0v) is 24.9. The Morgan fingerprint density at radius 2 is 1.74 bits per heavy atom. The topological polar surface area (TPSA) is 81.2 Å². The number of amides is 3. The average Bonchev–Trinajstić information content (AvgIpc) is 3.47. The Morgan fingerprint density at radius 1 is 1.11 bits per heavy atom. The molecule has 0 radical (unpaired) electrons. The van der Waals surface area contributed by atoms with Crippen molar-refractivity contribution in [2.75, 3.05) is 32.8 Å². The molecular weight excluding hydrogens is 498 g/mol. The summed E-state index contributed by atoms with van der Waals surface area (Å²) in [6.45, 7) is 19.9. The number of rotatable bonds is 15. The monoisotopic (exact) mass is 547 g/mol. The number of carbonyl (C=O) groups is 3. The summed E-state index contributed by atoms with van der Waals surface area (Å²) in [5, 5.41) is 10.5. The van der Waals surface area contributed by atoms with Gasteiger partial charge in [-0.1, -0.05) is 59.6 Å². The van der Waals surface area contributed by atoms with Gasteiger partial charge in [-0.15, -0.1) is 24.9 Å². The van der Waals surface area contributed by atoms with Crippen molar-refractivity contribution in [3.8, 4) is 0 Å². The molecule has 3 unspecified atom stereocenters. The van der Waals surface area contributed by atoms with Crippen LogP contribution in [0.2, 0.25) is 0 Å². The smallest absolute Gasteiger partial charge is 0.247 e. The third-order valence-electron chi connectivity index (χ3n) is 8.86. The van der Waals surface area contributed by atoms with Gasteiger partial charge in [-0.2, -0.15) is 0 Å².